The van der Waals surface area contributed by atoms with E-state index in [1.807, 2.05) is 0 Å². The topological polar surface area (TPSA) is 23.5 Å². The van der Waals surface area contributed by atoms with E-state index in [4.69, 9.17) is 0 Å². The molecular formula is C11H21NOS. The van der Waals surface area contributed by atoms with Crippen molar-refractivity contribution in [3.05, 3.63) is 0 Å². The van der Waals surface area contributed by atoms with E-state index in [2.05, 4.69) is 16.7 Å². The second-order valence-electron chi connectivity index (χ2n) is 4.42. The van der Waals surface area contributed by atoms with E-state index in [0.717, 1.165) is 6.42 Å². The molecule has 1 saturated heterocycles. The van der Waals surface area contributed by atoms with Gasteiger partial charge in [0, 0.05) is 18.3 Å². The molecule has 2 aliphatic rings. The van der Waals surface area contributed by atoms with Crippen LogP contribution in [0.3, 0.4) is 0 Å². The summed E-state index contributed by atoms with van der Waals surface area (Å²) in [5.74, 6) is 2.56. The van der Waals surface area contributed by atoms with Crippen molar-refractivity contribution in [2.75, 3.05) is 24.6 Å². The number of thioether (sulfide) groups is 1. The van der Waals surface area contributed by atoms with E-state index in [0.29, 0.717) is 6.04 Å². The van der Waals surface area contributed by atoms with Crippen LogP contribution in [0.5, 0.6) is 0 Å². The van der Waals surface area contributed by atoms with Crippen molar-refractivity contribution in [2.45, 2.75) is 44.2 Å². The lowest BCUT2D eigenvalue weighted by Gasteiger charge is -2.36. The van der Waals surface area contributed by atoms with Crippen LogP contribution in [0.15, 0.2) is 0 Å². The van der Waals surface area contributed by atoms with Crippen LogP contribution in [-0.2, 0) is 0 Å². The largest absolute Gasteiger partial charge is 0.391 e. The zero-order valence-electron chi connectivity index (χ0n) is 8.82. The predicted molar refractivity (Wildman–Crippen MR) is 61.8 cm³/mol. The predicted octanol–water partition coefficient (Wildman–Crippen LogP) is 1.73. The van der Waals surface area contributed by atoms with Crippen LogP contribution in [0.1, 0.15) is 32.1 Å². The van der Waals surface area contributed by atoms with Gasteiger partial charge < -0.3 is 5.11 Å². The third-order valence-electron chi connectivity index (χ3n) is 3.42. The third-order valence-corrected chi connectivity index (χ3v) is 4.47. The number of hydrogen-bond donors (Lipinski definition) is 1. The molecule has 1 saturated carbocycles. The summed E-state index contributed by atoms with van der Waals surface area (Å²) in [5, 5.41) is 9.96. The summed E-state index contributed by atoms with van der Waals surface area (Å²) in [5.41, 5.74) is 0. The van der Waals surface area contributed by atoms with Gasteiger partial charge in [-0.1, -0.05) is 12.8 Å². The summed E-state index contributed by atoms with van der Waals surface area (Å²) in [6.45, 7) is 2.39. The van der Waals surface area contributed by atoms with Crippen molar-refractivity contribution >= 4 is 11.8 Å². The lowest BCUT2D eigenvalue weighted by molar-refractivity contribution is 0.0234. The molecule has 0 aromatic rings. The molecule has 0 aromatic carbocycles. The smallest absolute Gasteiger partial charge is 0.0695 e. The van der Waals surface area contributed by atoms with Gasteiger partial charge in [0.2, 0.25) is 0 Å². The molecule has 0 bridgehead atoms. The van der Waals surface area contributed by atoms with Crippen molar-refractivity contribution in [3.63, 3.8) is 0 Å². The van der Waals surface area contributed by atoms with Crippen molar-refractivity contribution in [1.82, 2.24) is 4.90 Å². The lowest BCUT2D eigenvalue weighted by atomic mass is 9.91. The first kappa shape index (κ1) is 10.8. The first-order chi connectivity index (χ1) is 6.88. The van der Waals surface area contributed by atoms with Gasteiger partial charge in [-0.05, 0) is 31.6 Å². The quantitative estimate of drug-likeness (QED) is 0.720. The maximum absolute atomic E-state index is 9.96. The van der Waals surface area contributed by atoms with Gasteiger partial charge in [0.1, 0.15) is 0 Å². The Bertz CT molecular complexity index is 169. The van der Waals surface area contributed by atoms with Gasteiger partial charge >= 0.3 is 0 Å². The van der Waals surface area contributed by atoms with E-state index < -0.39 is 0 Å². The minimum atomic E-state index is -0.0492. The molecule has 0 aromatic heterocycles. The molecule has 82 valence electrons. The third kappa shape index (κ3) is 2.65. The number of aliphatic hydroxyl groups is 1. The van der Waals surface area contributed by atoms with Gasteiger partial charge in [0.25, 0.3) is 0 Å². The molecule has 2 atom stereocenters. The molecule has 1 N–H and O–H groups in total. The van der Waals surface area contributed by atoms with Crippen LogP contribution < -0.4 is 0 Å². The van der Waals surface area contributed by atoms with Crippen molar-refractivity contribution in [3.8, 4) is 0 Å². The van der Waals surface area contributed by atoms with Crippen LogP contribution in [0, 0.1) is 0 Å². The molecular weight excluding hydrogens is 194 g/mol. The summed E-state index contributed by atoms with van der Waals surface area (Å²) in [6.07, 6.45) is 6.02. The Morgan fingerprint density at radius 2 is 1.86 bits per heavy atom. The summed E-state index contributed by atoms with van der Waals surface area (Å²) in [7, 11) is 0. The molecule has 2 unspecified atom stereocenters. The van der Waals surface area contributed by atoms with Crippen LogP contribution in [0.25, 0.3) is 0 Å². The molecule has 0 spiro atoms. The van der Waals surface area contributed by atoms with Gasteiger partial charge in [-0.2, -0.15) is 11.8 Å². The van der Waals surface area contributed by atoms with Crippen LogP contribution in [0.4, 0.5) is 0 Å². The Morgan fingerprint density at radius 1 is 1.00 bits per heavy atom. The van der Waals surface area contributed by atoms with Crippen molar-refractivity contribution in [2.24, 2.45) is 0 Å². The summed E-state index contributed by atoms with van der Waals surface area (Å²) >= 11 is 2.06. The molecule has 14 heavy (non-hydrogen) atoms. The zero-order chi connectivity index (χ0) is 9.80. The van der Waals surface area contributed by atoms with Gasteiger partial charge in [-0.25, -0.2) is 0 Å². The number of nitrogens with zero attached hydrogens (tertiary/aromatic N) is 1. The number of aliphatic hydroxyl groups excluding tert-OH is 1. The maximum atomic E-state index is 9.96. The highest BCUT2D eigenvalue weighted by Gasteiger charge is 2.28. The fraction of sp³-hybridized carbons (Fsp3) is 1.00. The van der Waals surface area contributed by atoms with Gasteiger partial charge in [-0.15, -0.1) is 0 Å². The van der Waals surface area contributed by atoms with Crippen LogP contribution >= 0.6 is 11.8 Å². The fourth-order valence-corrected chi connectivity index (χ4v) is 3.52. The minimum absolute atomic E-state index is 0.0492. The monoisotopic (exact) mass is 215 g/mol. The molecule has 0 radical (unpaired) electrons. The van der Waals surface area contributed by atoms with E-state index in [1.165, 1.54) is 50.3 Å². The standard InChI is InChI=1S/C11H21NOS/c13-11-5-2-1-4-10(11)12-6-3-8-14-9-7-12/h10-11,13H,1-9H2. The molecule has 0 amide bonds. The zero-order valence-corrected chi connectivity index (χ0v) is 9.64. The second-order valence-corrected chi connectivity index (χ2v) is 5.65. The van der Waals surface area contributed by atoms with Gasteiger partial charge in [0.05, 0.1) is 6.10 Å². The van der Waals surface area contributed by atoms with Gasteiger partial charge in [0.15, 0.2) is 0 Å². The summed E-state index contributed by atoms with van der Waals surface area (Å²) in [4.78, 5) is 2.53. The Morgan fingerprint density at radius 3 is 2.71 bits per heavy atom. The average Bonchev–Trinajstić information content (AvgIpc) is 2.47. The fourth-order valence-electron chi connectivity index (χ4n) is 2.61. The Balaban J connectivity index is 1.90. The minimum Gasteiger partial charge on any atom is -0.391 e. The normalized spacial score (nSPS) is 36.6. The lowest BCUT2D eigenvalue weighted by Crippen LogP contribution is -2.46. The van der Waals surface area contributed by atoms with Crippen molar-refractivity contribution in [1.29, 1.82) is 0 Å². The van der Waals surface area contributed by atoms with E-state index >= 15 is 0 Å². The first-order valence-electron chi connectivity index (χ1n) is 5.88. The molecule has 3 heteroatoms. The Labute approximate surface area is 91.1 Å². The molecule has 2 nitrogen and oxygen atoms in total. The van der Waals surface area contributed by atoms with Crippen molar-refractivity contribution < 1.29 is 5.11 Å². The molecule has 1 aliphatic heterocycles. The summed E-state index contributed by atoms with van der Waals surface area (Å²) < 4.78 is 0. The molecule has 1 heterocycles. The number of hydrogen-bond acceptors (Lipinski definition) is 3. The number of rotatable bonds is 1. The highest BCUT2D eigenvalue weighted by molar-refractivity contribution is 7.99. The second kappa shape index (κ2) is 5.38. The first-order valence-corrected chi connectivity index (χ1v) is 7.03. The highest BCUT2D eigenvalue weighted by atomic mass is 32.2. The highest BCUT2D eigenvalue weighted by Crippen LogP contribution is 2.25. The van der Waals surface area contributed by atoms with Gasteiger partial charge in [-0.3, -0.25) is 4.90 Å². The van der Waals surface area contributed by atoms with E-state index in [-0.39, 0.29) is 6.10 Å². The van der Waals surface area contributed by atoms with Crippen LogP contribution in [0.2, 0.25) is 0 Å². The Hall–Kier alpha value is 0.270. The molecule has 1 aliphatic carbocycles. The van der Waals surface area contributed by atoms with E-state index in [9.17, 15) is 5.11 Å². The summed E-state index contributed by atoms with van der Waals surface area (Å²) in [6, 6.07) is 0.474. The molecule has 2 rings (SSSR count). The maximum Gasteiger partial charge on any atom is 0.0695 e. The van der Waals surface area contributed by atoms with E-state index in [1.54, 1.807) is 0 Å². The van der Waals surface area contributed by atoms with Crippen LogP contribution in [-0.4, -0.2) is 46.7 Å². The average molecular weight is 215 g/mol. The SMILES string of the molecule is OC1CCCCC1N1CCCSCC1. The Kier molecular flexibility index (Phi) is 4.14. The molecule has 2 fully saturated rings.